The third-order valence-electron chi connectivity index (χ3n) is 4.81. The number of hydrogen-bond donors (Lipinski definition) is 3. The number of benzene rings is 1. The predicted molar refractivity (Wildman–Crippen MR) is 113 cm³/mol. The van der Waals surface area contributed by atoms with Crippen molar-refractivity contribution in [1.82, 2.24) is 10.2 Å². The first-order chi connectivity index (χ1) is 16.2. The highest BCUT2D eigenvalue weighted by Crippen LogP contribution is 2.57. The van der Waals surface area contributed by atoms with Crippen molar-refractivity contribution in [3.05, 3.63) is 47.9 Å². The van der Waals surface area contributed by atoms with Crippen molar-refractivity contribution < 1.29 is 46.3 Å². The van der Waals surface area contributed by atoms with Crippen LogP contribution in [0.15, 0.2) is 42.4 Å². The molecule has 0 saturated carbocycles. The minimum Gasteiger partial charge on any atom is -0.493 e. The molecule has 4 rings (SSSR count). The van der Waals surface area contributed by atoms with Crippen LogP contribution in [0.4, 0.5) is 4.39 Å². The first-order valence-electron chi connectivity index (χ1n) is 10.7. The van der Waals surface area contributed by atoms with E-state index in [2.05, 4.69) is 11.9 Å². The molecule has 0 radical (unpaired) electrons. The quantitative estimate of drug-likeness (QED) is 0.415. The second kappa shape index (κ2) is 8.38. The van der Waals surface area contributed by atoms with Crippen LogP contribution in [0.25, 0.3) is 0 Å². The summed E-state index contributed by atoms with van der Waals surface area (Å²) < 4.78 is 79.2. The van der Waals surface area contributed by atoms with Crippen molar-refractivity contribution in [2.45, 2.75) is 37.8 Å². The highest BCUT2D eigenvalue weighted by Gasteiger charge is 2.58. The van der Waals surface area contributed by atoms with E-state index in [9.17, 15) is 14.8 Å². The number of phosphoric ester groups is 1. The minimum atomic E-state index is -4.85. The molecular weight excluding hydrogens is 466 g/mol. The molecule has 5 atom stereocenters. The standard InChI is InChI=1S/C19H22FN2O8PS/c1-10-7-22(11(2)21-17(10)32)18-14(23)16(24)19(20,29-18)9-28-31(25)27-8-12-5-4-6-13(26-3)15(12)30-31/h4-7,14,16,18,23-24H,2,8-9H2,1,3H3,(H,21,32)/t14-,16+,18-,19-,31?/m1/s1/i9D2,18D. The molecule has 1 aromatic rings. The number of thiocarbonyl (C=S) groups is 1. The van der Waals surface area contributed by atoms with E-state index >= 15 is 4.39 Å². The summed E-state index contributed by atoms with van der Waals surface area (Å²) in [7, 11) is -3.53. The van der Waals surface area contributed by atoms with E-state index in [0.717, 1.165) is 4.90 Å². The Bertz CT molecular complexity index is 1160. The summed E-state index contributed by atoms with van der Waals surface area (Å²) in [6.45, 7) is 1.07. The Balaban J connectivity index is 1.64. The van der Waals surface area contributed by atoms with Crippen LogP contribution in [0.2, 0.25) is 0 Å². The van der Waals surface area contributed by atoms with E-state index in [0.29, 0.717) is 11.1 Å². The third-order valence-corrected chi connectivity index (χ3v) is 6.40. The van der Waals surface area contributed by atoms with Crippen LogP contribution in [-0.2, 0) is 25.0 Å². The van der Waals surface area contributed by atoms with Gasteiger partial charge in [-0.3, -0.25) is 9.05 Å². The monoisotopic (exact) mass is 491 g/mol. The molecule has 0 spiro atoms. The zero-order valence-corrected chi connectivity index (χ0v) is 18.6. The Morgan fingerprint density at radius 1 is 1.56 bits per heavy atom. The molecule has 0 amide bonds. The van der Waals surface area contributed by atoms with Gasteiger partial charge in [0.2, 0.25) is 0 Å². The van der Waals surface area contributed by atoms with Gasteiger partial charge in [0.1, 0.15) is 29.6 Å². The molecule has 13 heteroatoms. The number of methoxy groups -OCH3 is 1. The molecule has 1 saturated heterocycles. The summed E-state index contributed by atoms with van der Waals surface area (Å²) in [5, 5.41) is 23.7. The number of alkyl halides is 1. The van der Waals surface area contributed by atoms with E-state index in [1.165, 1.54) is 19.4 Å². The van der Waals surface area contributed by atoms with Crippen molar-refractivity contribution in [2.24, 2.45) is 0 Å². The first kappa shape index (κ1) is 19.4. The normalized spacial score (nSPS) is 38.6. The van der Waals surface area contributed by atoms with Crippen molar-refractivity contribution in [2.75, 3.05) is 13.7 Å². The van der Waals surface area contributed by atoms with Crippen molar-refractivity contribution in [3.8, 4) is 11.5 Å². The number of fused-ring (bicyclic) bond motifs is 1. The molecule has 1 unspecified atom stereocenters. The number of hydrogen-bond acceptors (Lipinski definition) is 10. The van der Waals surface area contributed by atoms with Crippen LogP contribution >= 0.6 is 20.0 Å². The van der Waals surface area contributed by atoms with E-state index < -0.39 is 38.6 Å². The lowest BCUT2D eigenvalue weighted by Gasteiger charge is -2.35. The van der Waals surface area contributed by atoms with Gasteiger partial charge in [0.05, 0.1) is 17.8 Å². The number of para-hydroxylation sites is 1. The second-order valence-electron chi connectivity index (χ2n) is 7.01. The molecule has 10 nitrogen and oxygen atoms in total. The topological polar surface area (TPSA) is 119 Å². The Morgan fingerprint density at radius 3 is 3.03 bits per heavy atom. The van der Waals surface area contributed by atoms with Crippen LogP contribution in [0.5, 0.6) is 11.5 Å². The smallest absolute Gasteiger partial charge is 0.493 e. The van der Waals surface area contributed by atoms with Crippen LogP contribution in [0, 0.1) is 0 Å². The third kappa shape index (κ3) is 4.03. The summed E-state index contributed by atoms with van der Waals surface area (Å²) in [5.74, 6) is -3.95. The van der Waals surface area contributed by atoms with Crippen LogP contribution in [0.3, 0.4) is 0 Å². The van der Waals surface area contributed by atoms with Crippen LogP contribution < -0.4 is 14.6 Å². The van der Waals surface area contributed by atoms with Gasteiger partial charge >= 0.3 is 7.82 Å². The predicted octanol–water partition coefficient (Wildman–Crippen LogP) is 2.08. The van der Waals surface area contributed by atoms with Gasteiger partial charge in [-0.05, 0) is 13.0 Å². The zero-order chi connectivity index (χ0) is 26.0. The number of aliphatic hydroxyl groups excluding tert-OH is 2. The molecule has 32 heavy (non-hydrogen) atoms. The van der Waals surface area contributed by atoms with Crippen molar-refractivity contribution in [1.29, 1.82) is 0 Å². The SMILES string of the molecule is [2H]C([2H])(OP1(=O)OCc2cccc(OC)c2O1)[C@@]1(F)O[C@@]([2H])(N2C=C(C)C(=S)NC2=C)[C@H](O)[C@@H]1O. The highest BCUT2D eigenvalue weighted by atomic mass is 32.1. The lowest BCUT2D eigenvalue weighted by Crippen LogP contribution is -2.47. The average Bonchev–Trinajstić information content (AvgIpc) is 2.97. The maximum absolute atomic E-state index is 16.0. The van der Waals surface area contributed by atoms with E-state index in [1.807, 2.05) is 0 Å². The number of halogens is 1. The molecule has 0 aromatic heterocycles. The summed E-state index contributed by atoms with van der Waals surface area (Å²) in [4.78, 5) is 1.08. The van der Waals surface area contributed by atoms with Crippen molar-refractivity contribution >= 4 is 25.0 Å². The van der Waals surface area contributed by atoms with Crippen LogP contribution in [-0.4, -0.2) is 58.0 Å². The Hall–Kier alpha value is -2.05. The molecular formula is C19H22FN2O8PS. The molecule has 174 valence electrons. The molecule has 0 aliphatic carbocycles. The number of ether oxygens (including phenoxy) is 2. The average molecular weight is 491 g/mol. The van der Waals surface area contributed by atoms with Gasteiger partial charge in [-0.15, -0.1) is 0 Å². The Morgan fingerprint density at radius 2 is 2.31 bits per heavy atom. The molecule has 0 bridgehead atoms. The maximum atomic E-state index is 16.0. The summed E-state index contributed by atoms with van der Waals surface area (Å²) in [6.07, 6.45) is -6.64. The number of rotatable bonds is 5. The lowest BCUT2D eigenvalue weighted by atomic mass is 10.1. The molecule has 1 fully saturated rings. The number of phosphoric acid groups is 1. The lowest BCUT2D eigenvalue weighted by molar-refractivity contribution is -0.207. The van der Waals surface area contributed by atoms with Gasteiger partial charge in [0.15, 0.2) is 17.7 Å². The maximum Gasteiger partial charge on any atom is 0.530 e. The van der Waals surface area contributed by atoms with E-state index in [1.54, 1.807) is 19.1 Å². The number of nitrogens with one attached hydrogen (secondary N) is 1. The fraction of sp³-hybridized carbons (Fsp3) is 0.421. The molecule has 3 N–H and O–H groups in total. The van der Waals surface area contributed by atoms with Gasteiger partial charge in [-0.2, -0.15) is 0 Å². The molecule has 3 aliphatic rings. The van der Waals surface area contributed by atoms with Crippen LogP contribution in [0.1, 0.15) is 16.6 Å². The van der Waals surface area contributed by atoms with E-state index in [4.69, 9.17) is 39.4 Å². The largest absolute Gasteiger partial charge is 0.530 e. The number of nitrogens with zero attached hydrogens (tertiary/aromatic N) is 1. The fourth-order valence-electron chi connectivity index (χ4n) is 3.09. The Kier molecular flexibility index (Phi) is 5.09. The first-order valence-corrected chi connectivity index (χ1v) is 11.1. The summed E-state index contributed by atoms with van der Waals surface area (Å²) in [6, 6.07) is 4.67. The molecule has 3 heterocycles. The van der Waals surface area contributed by atoms with E-state index in [-0.39, 0.29) is 28.9 Å². The van der Waals surface area contributed by atoms with Crippen molar-refractivity contribution in [3.63, 3.8) is 0 Å². The fourth-order valence-corrected chi connectivity index (χ4v) is 4.37. The molecule has 1 aromatic carbocycles. The highest BCUT2D eigenvalue weighted by molar-refractivity contribution is 7.80. The second-order valence-corrected chi connectivity index (χ2v) is 8.94. The van der Waals surface area contributed by atoms with Gasteiger partial charge in [0.25, 0.3) is 5.85 Å². The number of aliphatic hydroxyl groups is 2. The molecule has 3 aliphatic heterocycles. The Labute approximate surface area is 193 Å². The van der Waals surface area contributed by atoms with Gasteiger partial charge in [-0.1, -0.05) is 30.9 Å². The van der Waals surface area contributed by atoms with Gasteiger partial charge in [-0.25, -0.2) is 8.96 Å². The van der Waals surface area contributed by atoms with Gasteiger partial charge in [0, 0.05) is 17.3 Å². The van der Waals surface area contributed by atoms with Gasteiger partial charge < -0.3 is 34.4 Å². The minimum absolute atomic E-state index is 0.0664. The summed E-state index contributed by atoms with van der Waals surface area (Å²) >= 11 is 5.07. The summed E-state index contributed by atoms with van der Waals surface area (Å²) in [5.41, 5.74) is 0.796. The zero-order valence-electron chi connectivity index (χ0n) is 19.9.